The lowest BCUT2D eigenvalue weighted by atomic mass is 9.86. The summed E-state index contributed by atoms with van der Waals surface area (Å²) < 4.78 is 2.12. The SMILES string of the molecule is CCCn1nc(C(=O)N2CCCCC2)c2c1CCC(NCC1CCC(O)CC1)C2. The predicted octanol–water partition coefficient (Wildman–Crippen LogP) is 2.92. The summed E-state index contributed by atoms with van der Waals surface area (Å²) in [7, 11) is 0. The van der Waals surface area contributed by atoms with Gasteiger partial charge < -0.3 is 15.3 Å². The van der Waals surface area contributed by atoms with Gasteiger partial charge in [-0.15, -0.1) is 0 Å². The fourth-order valence-electron chi connectivity index (χ4n) is 5.36. The minimum atomic E-state index is -0.0868. The fourth-order valence-corrected chi connectivity index (χ4v) is 5.36. The molecule has 2 N–H and O–H groups in total. The highest BCUT2D eigenvalue weighted by atomic mass is 16.3. The molecule has 1 saturated carbocycles. The van der Waals surface area contributed by atoms with Crippen molar-refractivity contribution in [2.24, 2.45) is 5.92 Å². The highest BCUT2D eigenvalue weighted by molar-refractivity contribution is 5.94. The number of nitrogens with zero attached hydrogens (tertiary/aromatic N) is 3. The largest absolute Gasteiger partial charge is 0.393 e. The fraction of sp³-hybridized carbons (Fsp3) is 0.826. The molecular weight excluding hydrogens is 364 g/mol. The second kappa shape index (κ2) is 9.61. The van der Waals surface area contributed by atoms with Crippen molar-refractivity contribution in [1.29, 1.82) is 0 Å². The van der Waals surface area contributed by atoms with Crippen molar-refractivity contribution in [3.05, 3.63) is 17.0 Å². The summed E-state index contributed by atoms with van der Waals surface area (Å²) in [5, 5.41) is 18.3. The molecule has 6 nitrogen and oxygen atoms in total. The van der Waals surface area contributed by atoms with Crippen LogP contribution in [0, 0.1) is 5.92 Å². The summed E-state index contributed by atoms with van der Waals surface area (Å²) in [4.78, 5) is 15.3. The van der Waals surface area contributed by atoms with E-state index in [9.17, 15) is 9.90 Å². The van der Waals surface area contributed by atoms with Crippen molar-refractivity contribution < 1.29 is 9.90 Å². The molecule has 0 spiro atoms. The molecule has 1 saturated heterocycles. The number of carbonyl (C=O) groups excluding carboxylic acids is 1. The molecule has 1 aromatic rings. The second-order valence-corrected chi connectivity index (χ2v) is 9.37. The van der Waals surface area contributed by atoms with E-state index in [2.05, 4.69) is 16.9 Å². The molecule has 1 aliphatic heterocycles. The monoisotopic (exact) mass is 402 g/mol. The van der Waals surface area contributed by atoms with Crippen LogP contribution in [-0.4, -0.2) is 57.5 Å². The Morgan fingerprint density at radius 1 is 1.14 bits per heavy atom. The van der Waals surface area contributed by atoms with Gasteiger partial charge in [-0.25, -0.2) is 0 Å². The van der Waals surface area contributed by atoms with Gasteiger partial charge in [0.25, 0.3) is 5.91 Å². The Labute approximate surface area is 175 Å². The molecule has 3 aliphatic rings. The number of aliphatic hydroxyl groups is 1. The predicted molar refractivity (Wildman–Crippen MR) is 114 cm³/mol. The molecule has 2 fully saturated rings. The number of hydrogen-bond acceptors (Lipinski definition) is 4. The number of aliphatic hydroxyl groups excluding tert-OH is 1. The Balaban J connectivity index is 1.44. The van der Waals surface area contributed by atoms with Crippen LogP contribution in [0.15, 0.2) is 0 Å². The molecule has 1 amide bonds. The minimum absolute atomic E-state index is 0.0868. The number of aryl methyl sites for hydroxylation is 1. The van der Waals surface area contributed by atoms with Crippen LogP contribution in [-0.2, 0) is 19.4 Å². The van der Waals surface area contributed by atoms with Crippen molar-refractivity contribution in [2.75, 3.05) is 19.6 Å². The van der Waals surface area contributed by atoms with Crippen LogP contribution in [0.5, 0.6) is 0 Å². The van der Waals surface area contributed by atoms with Gasteiger partial charge in [0.2, 0.25) is 0 Å². The number of hydrogen-bond donors (Lipinski definition) is 2. The lowest BCUT2D eigenvalue weighted by Crippen LogP contribution is -2.40. The first-order chi connectivity index (χ1) is 14.2. The lowest BCUT2D eigenvalue weighted by Gasteiger charge is -2.30. The molecule has 1 atom stereocenters. The third-order valence-electron chi connectivity index (χ3n) is 7.14. The van der Waals surface area contributed by atoms with E-state index in [0.717, 1.165) is 96.1 Å². The minimum Gasteiger partial charge on any atom is -0.393 e. The molecule has 1 unspecified atom stereocenters. The molecular formula is C23H38N4O2. The van der Waals surface area contributed by atoms with Crippen molar-refractivity contribution in [2.45, 2.75) is 96.2 Å². The van der Waals surface area contributed by atoms with E-state index >= 15 is 0 Å². The van der Waals surface area contributed by atoms with Crippen LogP contribution in [0.1, 0.15) is 86.5 Å². The Kier molecular flexibility index (Phi) is 6.91. The van der Waals surface area contributed by atoms with Gasteiger partial charge in [0.1, 0.15) is 0 Å². The molecule has 2 heterocycles. The van der Waals surface area contributed by atoms with E-state index in [-0.39, 0.29) is 12.0 Å². The van der Waals surface area contributed by atoms with Crippen molar-refractivity contribution in [3.8, 4) is 0 Å². The summed E-state index contributed by atoms with van der Waals surface area (Å²) in [5.41, 5.74) is 3.23. The quantitative estimate of drug-likeness (QED) is 0.768. The van der Waals surface area contributed by atoms with Crippen LogP contribution in [0.2, 0.25) is 0 Å². The maximum atomic E-state index is 13.2. The maximum Gasteiger partial charge on any atom is 0.274 e. The second-order valence-electron chi connectivity index (χ2n) is 9.37. The molecule has 1 aromatic heterocycles. The third kappa shape index (κ3) is 4.85. The number of amides is 1. The highest BCUT2D eigenvalue weighted by Crippen LogP contribution is 2.28. The molecule has 2 aliphatic carbocycles. The molecule has 162 valence electrons. The van der Waals surface area contributed by atoms with Crippen molar-refractivity contribution in [3.63, 3.8) is 0 Å². The summed E-state index contributed by atoms with van der Waals surface area (Å²) in [6, 6.07) is 0.432. The van der Waals surface area contributed by atoms with Gasteiger partial charge in [0, 0.05) is 36.9 Å². The Bertz CT molecular complexity index is 687. The van der Waals surface area contributed by atoms with E-state index in [1.807, 2.05) is 4.90 Å². The normalized spacial score (nSPS) is 27.7. The third-order valence-corrected chi connectivity index (χ3v) is 7.14. The van der Waals surface area contributed by atoms with E-state index in [0.29, 0.717) is 12.0 Å². The molecule has 0 radical (unpaired) electrons. The van der Waals surface area contributed by atoms with Gasteiger partial charge >= 0.3 is 0 Å². The van der Waals surface area contributed by atoms with Gasteiger partial charge in [-0.05, 0) is 83.1 Å². The zero-order valence-electron chi connectivity index (χ0n) is 18.0. The van der Waals surface area contributed by atoms with E-state index in [1.54, 1.807) is 0 Å². The number of likely N-dealkylation sites (tertiary alicyclic amines) is 1. The summed E-state index contributed by atoms with van der Waals surface area (Å²) in [5.74, 6) is 0.829. The van der Waals surface area contributed by atoms with Gasteiger partial charge in [0.15, 0.2) is 5.69 Å². The Morgan fingerprint density at radius 2 is 1.90 bits per heavy atom. The van der Waals surface area contributed by atoms with Gasteiger partial charge in [0.05, 0.1) is 6.10 Å². The number of piperidine rings is 1. The number of rotatable bonds is 6. The summed E-state index contributed by atoms with van der Waals surface area (Å²) >= 11 is 0. The van der Waals surface area contributed by atoms with Crippen molar-refractivity contribution in [1.82, 2.24) is 20.0 Å². The summed E-state index contributed by atoms with van der Waals surface area (Å²) in [6.45, 7) is 5.87. The lowest BCUT2D eigenvalue weighted by molar-refractivity contribution is 0.0716. The first kappa shape index (κ1) is 20.9. The average Bonchev–Trinajstić information content (AvgIpc) is 3.11. The maximum absolute atomic E-state index is 13.2. The number of fused-ring (bicyclic) bond motifs is 1. The van der Waals surface area contributed by atoms with Gasteiger partial charge in [-0.3, -0.25) is 9.48 Å². The first-order valence-electron chi connectivity index (χ1n) is 11.9. The Morgan fingerprint density at radius 3 is 2.62 bits per heavy atom. The number of nitrogens with one attached hydrogen (secondary N) is 1. The van der Waals surface area contributed by atoms with Crippen LogP contribution in [0.25, 0.3) is 0 Å². The van der Waals surface area contributed by atoms with E-state index in [1.165, 1.54) is 17.7 Å². The summed E-state index contributed by atoms with van der Waals surface area (Å²) in [6.07, 6.45) is 11.6. The highest BCUT2D eigenvalue weighted by Gasteiger charge is 2.31. The smallest absolute Gasteiger partial charge is 0.274 e. The van der Waals surface area contributed by atoms with Crippen molar-refractivity contribution >= 4 is 5.91 Å². The Hall–Kier alpha value is -1.40. The van der Waals surface area contributed by atoms with E-state index in [4.69, 9.17) is 5.10 Å². The van der Waals surface area contributed by atoms with Gasteiger partial charge in [-0.1, -0.05) is 6.92 Å². The zero-order valence-corrected chi connectivity index (χ0v) is 18.0. The van der Waals surface area contributed by atoms with Crippen LogP contribution in [0.3, 0.4) is 0 Å². The molecule has 0 bridgehead atoms. The number of aromatic nitrogens is 2. The molecule has 6 heteroatoms. The zero-order chi connectivity index (χ0) is 20.2. The van der Waals surface area contributed by atoms with Crippen LogP contribution >= 0.6 is 0 Å². The van der Waals surface area contributed by atoms with Gasteiger partial charge in [-0.2, -0.15) is 5.10 Å². The standard InChI is InChI=1S/C23H38N4O2/c1-2-12-27-21-11-8-18(24-16-17-6-9-19(28)10-7-17)15-20(21)22(25-27)23(29)26-13-4-3-5-14-26/h17-19,24,28H,2-16H2,1H3. The molecule has 0 aromatic carbocycles. The average molecular weight is 403 g/mol. The van der Waals surface area contributed by atoms with E-state index < -0.39 is 0 Å². The van der Waals surface area contributed by atoms with Crippen LogP contribution in [0.4, 0.5) is 0 Å². The molecule has 29 heavy (non-hydrogen) atoms. The topological polar surface area (TPSA) is 70.4 Å². The first-order valence-corrected chi connectivity index (χ1v) is 11.9. The van der Waals surface area contributed by atoms with Crippen LogP contribution < -0.4 is 5.32 Å². The number of carbonyl (C=O) groups is 1. The molecule has 4 rings (SSSR count).